The third-order valence-corrected chi connectivity index (χ3v) is 9.22. The maximum absolute atomic E-state index is 10.8. The first-order chi connectivity index (χ1) is 18.6. The Kier molecular flexibility index (Phi) is 8.90. The average molecular weight is 592 g/mol. The lowest BCUT2D eigenvalue weighted by atomic mass is 9.71. The van der Waals surface area contributed by atoms with Crippen molar-refractivity contribution in [3.63, 3.8) is 0 Å². The highest BCUT2D eigenvalue weighted by Crippen LogP contribution is 2.52. The fourth-order valence-corrected chi connectivity index (χ4v) is 6.84. The lowest BCUT2D eigenvalue weighted by molar-refractivity contribution is 0.346. The van der Waals surface area contributed by atoms with Gasteiger partial charge in [-0.1, -0.05) is 140 Å². The molecule has 230 valence electrons. The van der Waals surface area contributed by atoms with Crippen LogP contribution < -0.4 is 5.30 Å². The van der Waals surface area contributed by atoms with Gasteiger partial charge in [0.05, 0.1) is 0 Å². The number of hydrogen-bond acceptors (Lipinski definition) is 3. The molecule has 0 saturated carbocycles. The summed E-state index contributed by atoms with van der Waals surface area (Å²) in [6.07, 6.45) is 0. The highest BCUT2D eigenvalue weighted by molar-refractivity contribution is 7.66. The largest absolute Gasteiger partial charge is 0.441 e. The molecule has 0 amide bonds. The lowest BCUT2D eigenvalue weighted by Gasteiger charge is -2.33. The Bertz CT molecular complexity index is 1460. The number of hydrogen-bond donors (Lipinski definition) is 3. The molecule has 42 heavy (non-hydrogen) atoms. The lowest BCUT2D eigenvalue weighted by Crippen LogP contribution is -2.28. The van der Waals surface area contributed by atoms with Crippen LogP contribution in [-0.2, 0) is 27.1 Å². The standard InChI is InChI=1S/C38H56O3P/c1-34(2,3)24-16-18-26(29(22-24)36(7,8)9)27-20-21-31(42(39,40)41)33(38(13,14)15)32(27)28-19-17-25(35(4,5)6)23-30(28)37(10,11)12/h16-23,39-41H,1-15H3/q+1. The van der Waals surface area contributed by atoms with Crippen LogP contribution in [-0.4, -0.2) is 14.7 Å². The molecule has 3 aromatic carbocycles. The van der Waals surface area contributed by atoms with E-state index in [0.717, 1.165) is 27.8 Å². The second-order valence-electron chi connectivity index (χ2n) is 17.2. The summed E-state index contributed by atoms with van der Waals surface area (Å²) in [6.45, 7) is 33.1. The molecule has 3 rings (SSSR count). The summed E-state index contributed by atoms with van der Waals surface area (Å²) in [7, 11) is -4.33. The van der Waals surface area contributed by atoms with Gasteiger partial charge in [0.2, 0.25) is 0 Å². The molecule has 0 aliphatic rings. The van der Waals surface area contributed by atoms with Crippen molar-refractivity contribution >= 4 is 13.2 Å². The maximum Gasteiger partial charge on any atom is 0.441 e. The molecule has 0 fully saturated rings. The third-order valence-electron chi connectivity index (χ3n) is 8.20. The molecule has 0 aliphatic carbocycles. The van der Waals surface area contributed by atoms with Crippen LogP contribution >= 0.6 is 7.94 Å². The summed E-state index contributed by atoms with van der Waals surface area (Å²) >= 11 is 0. The van der Waals surface area contributed by atoms with Crippen molar-refractivity contribution in [2.45, 2.75) is 131 Å². The average Bonchev–Trinajstić information content (AvgIpc) is 2.79. The molecule has 3 N–H and O–H groups in total. The number of benzene rings is 3. The predicted molar refractivity (Wildman–Crippen MR) is 184 cm³/mol. The molecule has 3 aromatic rings. The Labute approximate surface area is 257 Å². The van der Waals surface area contributed by atoms with Crippen molar-refractivity contribution in [1.29, 1.82) is 0 Å². The topological polar surface area (TPSA) is 60.7 Å². The van der Waals surface area contributed by atoms with Gasteiger partial charge >= 0.3 is 7.94 Å². The fourth-order valence-electron chi connectivity index (χ4n) is 5.82. The van der Waals surface area contributed by atoms with Crippen LogP contribution in [0.15, 0.2) is 48.5 Å². The smallest absolute Gasteiger partial charge is 0.189 e. The van der Waals surface area contributed by atoms with Crippen LogP contribution in [0.2, 0.25) is 0 Å². The maximum atomic E-state index is 10.8. The van der Waals surface area contributed by atoms with Crippen molar-refractivity contribution in [3.05, 3.63) is 76.3 Å². The zero-order valence-electron chi connectivity index (χ0n) is 28.9. The van der Waals surface area contributed by atoms with E-state index in [9.17, 15) is 14.7 Å². The van der Waals surface area contributed by atoms with Crippen LogP contribution in [0, 0.1) is 0 Å². The number of rotatable bonds is 3. The molecular weight excluding hydrogens is 535 g/mol. The predicted octanol–water partition coefficient (Wildman–Crippen LogP) is 9.87. The van der Waals surface area contributed by atoms with Gasteiger partial charge in [-0.15, -0.1) is 0 Å². The van der Waals surface area contributed by atoms with Gasteiger partial charge in [-0.2, -0.15) is 14.7 Å². The molecule has 0 radical (unpaired) electrons. The summed E-state index contributed by atoms with van der Waals surface area (Å²) in [5.74, 6) is 0. The van der Waals surface area contributed by atoms with Crippen molar-refractivity contribution in [2.75, 3.05) is 0 Å². The Hall–Kier alpha value is -2.03. The normalized spacial score (nSPS) is 14.0. The molecule has 0 spiro atoms. The quantitative estimate of drug-likeness (QED) is 0.266. The van der Waals surface area contributed by atoms with Gasteiger partial charge in [0.25, 0.3) is 0 Å². The molecule has 0 bridgehead atoms. The summed E-state index contributed by atoms with van der Waals surface area (Å²) in [5, 5.41) is 0.220. The summed E-state index contributed by atoms with van der Waals surface area (Å²) < 4.78 is 0. The first-order valence-electron chi connectivity index (χ1n) is 15.2. The van der Waals surface area contributed by atoms with Crippen molar-refractivity contribution in [1.82, 2.24) is 0 Å². The van der Waals surface area contributed by atoms with E-state index in [1.165, 1.54) is 22.3 Å². The molecule has 0 aliphatic heterocycles. The molecule has 3 nitrogen and oxygen atoms in total. The SMILES string of the molecule is CC(C)(C)c1ccc(-c2ccc([P+](O)(O)O)c(C(C)(C)C)c2-c2ccc(C(C)(C)C)cc2C(C)(C)C)c(C(C)(C)C)c1. The van der Waals surface area contributed by atoms with Crippen molar-refractivity contribution in [2.24, 2.45) is 0 Å². The molecular formula is C38H56O3P+. The van der Waals surface area contributed by atoms with Gasteiger partial charge in [-0.25, -0.2) is 0 Å². The van der Waals surface area contributed by atoms with Gasteiger partial charge in [0.1, 0.15) is 0 Å². The molecule has 0 heterocycles. The fraction of sp³-hybridized carbons (Fsp3) is 0.526. The van der Waals surface area contributed by atoms with E-state index < -0.39 is 13.4 Å². The second-order valence-corrected chi connectivity index (χ2v) is 18.8. The molecule has 0 unspecified atom stereocenters. The van der Waals surface area contributed by atoms with E-state index in [1.54, 1.807) is 6.07 Å². The third kappa shape index (κ3) is 7.19. The monoisotopic (exact) mass is 591 g/mol. The van der Waals surface area contributed by atoms with Gasteiger partial charge in [-0.05, 0) is 83.7 Å². The van der Waals surface area contributed by atoms with Gasteiger partial charge in [0, 0.05) is 5.56 Å². The Morgan fingerprint density at radius 2 is 0.810 bits per heavy atom. The van der Waals surface area contributed by atoms with E-state index in [2.05, 4.69) is 140 Å². The van der Waals surface area contributed by atoms with Gasteiger partial charge in [0.15, 0.2) is 5.30 Å². The van der Waals surface area contributed by atoms with E-state index in [1.807, 2.05) is 6.07 Å². The van der Waals surface area contributed by atoms with Gasteiger partial charge in [-0.3, -0.25) is 0 Å². The first kappa shape index (κ1) is 34.5. The van der Waals surface area contributed by atoms with Crippen LogP contribution in [0.4, 0.5) is 0 Å². The molecule has 0 atom stereocenters. The summed E-state index contributed by atoms with van der Waals surface area (Å²) in [4.78, 5) is 32.3. The van der Waals surface area contributed by atoms with E-state index in [-0.39, 0.29) is 27.0 Å². The summed E-state index contributed by atoms with van der Waals surface area (Å²) in [5.41, 5.74) is 9.07. The summed E-state index contributed by atoms with van der Waals surface area (Å²) in [6, 6.07) is 17.3. The Morgan fingerprint density at radius 3 is 1.17 bits per heavy atom. The van der Waals surface area contributed by atoms with Gasteiger partial charge < -0.3 is 0 Å². The first-order valence-corrected chi connectivity index (χ1v) is 16.9. The van der Waals surface area contributed by atoms with Crippen molar-refractivity contribution in [3.8, 4) is 22.3 Å². The van der Waals surface area contributed by atoms with E-state index in [0.29, 0.717) is 0 Å². The minimum Gasteiger partial charge on any atom is -0.189 e. The van der Waals surface area contributed by atoms with Crippen molar-refractivity contribution < 1.29 is 14.7 Å². The molecule has 0 aromatic heterocycles. The van der Waals surface area contributed by atoms with Crippen LogP contribution in [0.3, 0.4) is 0 Å². The van der Waals surface area contributed by atoms with E-state index in [4.69, 9.17) is 0 Å². The van der Waals surface area contributed by atoms with Crippen LogP contribution in [0.1, 0.15) is 132 Å². The zero-order chi connectivity index (χ0) is 32.4. The second kappa shape index (κ2) is 10.8. The molecule has 4 heteroatoms. The molecule has 0 saturated heterocycles. The minimum atomic E-state index is -4.33. The Morgan fingerprint density at radius 1 is 0.429 bits per heavy atom. The Balaban J connectivity index is 2.68. The van der Waals surface area contributed by atoms with Crippen LogP contribution in [0.25, 0.3) is 22.3 Å². The minimum absolute atomic E-state index is 0.00126. The zero-order valence-corrected chi connectivity index (χ0v) is 29.8. The van der Waals surface area contributed by atoms with Crippen LogP contribution in [0.5, 0.6) is 0 Å². The highest BCUT2D eigenvalue weighted by Gasteiger charge is 2.43. The van der Waals surface area contributed by atoms with E-state index >= 15 is 0 Å². The highest BCUT2D eigenvalue weighted by atomic mass is 31.2.